The molecule has 1 aliphatic heterocycles. The Balaban J connectivity index is 2.63. The summed E-state index contributed by atoms with van der Waals surface area (Å²) in [6, 6.07) is 3.29. The number of hydrogen-bond donors (Lipinski definition) is 1. The Kier molecular flexibility index (Phi) is 2.73. The smallest absolute Gasteiger partial charge is 0.314 e. The Labute approximate surface area is 104 Å². The minimum absolute atomic E-state index is 0.0973. The molecular weight excluding hydrogens is 236 g/mol. The zero-order chi connectivity index (χ0) is 13.5. The van der Waals surface area contributed by atoms with Gasteiger partial charge in [0, 0.05) is 11.6 Å². The second-order valence-corrected chi connectivity index (χ2v) is 5.29. The van der Waals surface area contributed by atoms with Crippen LogP contribution < -0.4 is 10.3 Å². The largest absolute Gasteiger partial charge is 0.372 e. The third kappa shape index (κ3) is 2.13. The predicted octanol–water partition coefficient (Wildman–Crippen LogP) is 1.86. The van der Waals surface area contributed by atoms with E-state index in [0.29, 0.717) is 5.56 Å². The van der Waals surface area contributed by atoms with E-state index in [0.717, 1.165) is 5.56 Å². The first-order valence-corrected chi connectivity index (χ1v) is 5.56. The van der Waals surface area contributed by atoms with Crippen LogP contribution in [0.1, 0.15) is 31.9 Å². The number of hydrogen-bond acceptors (Lipinski definition) is 4. The zero-order valence-corrected chi connectivity index (χ0v) is 10.4. The van der Waals surface area contributed by atoms with Gasteiger partial charge in [0.2, 0.25) is 5.75 Å². The van der Waals surface area contributed by atoms with Crippen LogP contribution in [-0.2, 0) is 16.6 Å². The van der Waals surface area contributed by atoms with Crippen LogP contribution in [0.15, 0.2) is 12.1 Å². The fourth-order valence-electron chi connectivity index (χ4n) is 1.81. The van der Waals surface area contributed by atoms with Crippen LogP contribution in [-0.4, -0.2) is 10.8 Å². The van der Waals surface area contributed by atoms with Gasteiger partial charge in [0.05, 0.1) is 11.3 Å². The van der Waals surface area contributed by atoms with Crippen molar-refractivity contribution in [2.45, 2.75) is 32.6 Å². The van der Waals surface area contributed by atoms with Crippen molar-refractivity contribution in [3.05, 3.63) is 33.4 Å². The van der Waals surface area contributed by atoms with Crippen molar-refractivity contribution in [3.63, 3.8) is 0 Å². The van der Waals surface area contributed by atoms with Crippen molar-refractivity contribution >= 4 is 11.6 Å². The van der Waals surface area contributed by atoms with Crippen molar-refractivity contribution in [1.29, 1.82) is 0 Å². The highest BCUT2D eigenvalue weighted by atomic mass is 16.7. The Morgan fingerprint density at radius 1 is 1.39 bits per heavy atom. The van der Waals surface area contributed by atoms with Crippen molar-refractivity contribution in [1.82, 2.24) is 5.48 Å². The number of fused-ring (bicyclic) bond motifs is 1. The molecule has 0 radical (unpaired) electrons. The molecule has 0 spiro atoms. The quantitative estimate of drug-likeness (QED) is 0.609. The van der Waals surface area contributed by atoms with Gasteiger partial charge in [-0.1, -0.05) is 26.8 Å². The molecule has 0 unspecified atom stereocenters. The SMILES string of the molecule is CC(C)(C)c1cc2c(c([N+](=O)[O-])c1)ONC(=O)C2. The van der Waals surface area contributed by atoms with Gasteiger partial charge in [-0.25, -0.2) is 0 Å². The molecule has 1 aliphatic rings. The summed E-state index contributed by atoms with van der Waals surface area (Å²) in [5.41, 5.74) is 3.17. The van der Waals surface area contributed by atoms with Crippen LogP contribution in [0.5, 0.6) is 5.75 Å². The topological polar surface area (TPSA) is 81.5 Å². The maximum absolute atomic E-state index is 11.3. The molecule has 96 valence electrons. The number of rotatable bonds is 1. The second kappa shape index (κ2) is 3.97. The van der Waals surface area contributed by atoms with E-state index in [2.05, 4.69) is 5.48 Å². The lowest BCUT2D eigenvalue weighted by atomic mass is 9.85. The number of amides is 1. The summed E-state index contributed by atoms with van der Waals surface area (Å²) < 4.78 is 0. The number of nitrogens with one attached hydrogen (secondary N) is 1. The molecule has 6 heteroatoms. The van der Waals surface area contributed by atoms with Crippen molar-refractivity contribution in [2.75, 3.05) is 0 Å². The van der Waals surface area contributed by atoms with Gasteiger partial charge in [-0.05, 0) is 11.0 Å². The van der Waals surface area contributed by atoms with E-state index in [1.165, 1.54) is 6.07 Å². The third-order valence-electron chi connectivity index (χ3n) is 2.83. The van der Waals surface area contributed by atoms with Crippen LogP contribution in [0.4, 0.5) is 5.69 Å². The lowest BCUT2D eigenvalue weighted by Gasteiger charge is -2.23. The summed E-state index contributed by atoms with van der Waals surface area (Å²) >= 11 is 0. The molecule has 1 aromatic rings. The van der Waals surface area contributed by atoms with Gasteiger partial charge in [0.25, 0.3) is 5.91 Å². The average molecular weight is 250 g/mol. The number of carbonyl (C=O) groups excluding carboxylic acids is 1. The normalized spacial score (nSPS) is 14.5. The summed E-state index contributed by atoms with van der Waals surface area (Å²) in [4.78, 5) is 26.8. The molecule has 2 rings (SSSR count). The minimum Gasteiger partial charge on any atom is -0.372 e. The van der Waals surface area contributed by atoms with Crippen molar-refractivity contribution in [3.8, 4) is 5.75 Å². The second-order valence-electron chi connectivity index (χ2n) is 5.29. The van der Waals surface area contributed by atoms with Gasteiger partial charge >= 0.3 is 5.69 Å². The Morgan fingerprint density at radius 3 is 2.61 bits per heavy atom. The van der Waals surface area contributed by atoms with Gasteiger partial charge in [-0.3, -0.25) is 14.9 Å². The van der Waals surface area contributed by atoms with E-state index in [4.69, 9.17) is 4.84 Å². The summed E-state index contributed by atoms with van der Waals surface area (Å²) in [5.74, 6) is -0.171. The third-order valence-corrected chi connectivity index (χ3v) is 2.83. The number of nitrogens with zero attached hydrogens (tertiary/aromatic N) is 1. The van der Waals surface area contributed by atoms with Gasteiger partial charge in [-0.2, -0.15) is 5.48 Å². The Hall–Kier alpha value is -2.11. The Morgan fingerprint density at radius 2 is 2.06 bits per heavy atom. The summed E-state index contributed by atoms with van der Waals surface area (Å²) in [5, 5.41) is 11.0. The van der Waals surface area contributed by atoms with Gasteiger partial charge in [0.1, 0.15) is 0 Å². The van der Waals surface area contributed by atoms with Crippen LogP contribution in [0.3, 0.4) is 0 Å². The molecule has 1 N–H and O–H groups in total. The van der Waals surface area contributed by atoms with Crippen molar-refractivity contribution in [2.24, 2.45) is 0 Å². The highest BCUT2D eigenvalue weighted by Gasteiger charge is 2.29. The van der Waals surface area contributed by atoms with E-state index in [-0.39, 0.29) is 29.2 Å². The van der Waals surface area contributed by atoms with Gasteiger partial charge in [0.15, 0.2) is 0 Å². The van der Waals surface area contributed by atoms with Crippen LogP contribution in [0.2, 0.25) is 0 Å². The Bertz CT molecular complexity index is 532. The molecule has 1 heterocycles. The summed E-state index contributed by atoms with van der Waals surface area (Å²) in [6.45, 7) is 5.88. The first kappa shape index (κ1) is 12.3. The standard InChI is InChI=1S/C12H14N2O4/c1-12(2,3)8-4-7-5-10(15)13-18-11(7)9(6-8)14(16)17/h4,6H,5H2,1-3H3,(H,13,15). The molecule has 18 heavy (non-hydrogen) atoms. The van der Waals surface area contributed by atoms with E-state index in [1.807, 2.05) is 20.8 Å². The molecule has 0 aromatic heterocycles. The molecule has 0 bridgehead atoms. The zero-order valence-electron chi connectivity index (χ0n) is 10.4. The molecule has 1 amide bonds. The average Bonchev–Trinajstić information content (AvgIpc) is 2.25. The maximum Gasteiger partial charge on any atom is 0.314 e. The van der Waals surface area contributed by atoms with E-state index in [1.54, 1.807) is 6.07 Å². The monoisotopic (exact) mass is 250 g/mol. The number of nitro benzene ring substituents is 1. The lowest BCUT2D eigenvalue weighted by Crippen LogP contribution is -2.33. The molecule has 0 saturated carbocycles. The molecule has 1 aromatic carbocycles. The van der Waals surface area contributed by atoms with E-state index < -0.39 is 4.92 Å². The fraction of sp³-hybridized carbons (Fsp3) is 0.417. The molecular formula is C12H14N2O4. The first-order valence-electron chi connectivity index (χ1n) is 5.56. The highest BCUT2D eigenvalue weighted by molar-refractivity contribution is 5.81. The molecule has 0 atom stereocenters. The van der Waals surface area contributed by atoms with Crippen molar-refractivity contribution < 1.29 is 14.6 Å². The van der Waals surface area contributed by atoms with E-state index in [9.17, 15) is 14.9 Å². The number of hydroxylamine groups is 1. The molecule has 6 nitrogen and oxygen atoms in total. The first-order chi connectivity index (χ1) is 8.29. The molecule has 0 fully saturated rings. The van der Waals surface area contributed by atoms with Crippen LogP contribution in [0, 0.1) is 10.1 Å². The lowest BCUT2D eigenvalue weighted by molar-refractivity contribution is -0.386. The summed E-state index contributed by atoms with van der Waals surface area (Å²) in [7, 11) is 0. The number of benzene rings is 1. The predicted molar refractivity (Wildman–Crippen MR) is 64.3 cm³/mol. The fourth-order valence-corrected chi connectivity index (χ4v) is 1.81. The molecule has 0 aliphatic carbocycles. The molecule has 0 saturated heterocycles. The van der Waals surface area contributed by atoms with Crippen LogP contribution in [0.25, 0.3) is 0 Å². The minimum atomic E-state index is -0.494. The highest BCUT2D eigenvalue weighted by Crippen LogP contribution is 2.37. The van der Waals surface area contributed by atoms with Crippen LogP contribution >= 0.6 is 0 Å². The van der Waals surface area contributed by atoms with E-state index >= 15 is 0 Å². The number of carbonyl (C=O) groups is 1. The number of nitro groups is 1. The van der Waals surface area contributed by atoms with Gasteiger partial charge in [-0.15, -0.1) is 0 Å². The maximum atomic E-state index is 11.3. The summed E-state index contributed by atoms with van der Waals surface area (Å²) in [6.07, 6.45) is 0.0973. The van der Waals surface area contributed by atoms with Gasteiger partial charge < -0.3 is 4.84 Å².